The van der Waals surface area contributed by atoms with Gasteiger partial charge in [-0.2, -0.15) is 0 Å². The Morgan fingerprint density at radius 2 is 2.29 bits per heavy atom. The number of piperidine rings is 1. The number of hydrogen-bond acceptors (Lipinski definition) is 3. The molecule has 0 aromatic heterocycles. The molecule has 0 spiro atoms. The Hall–Kier alpha value is -0.770. The molecular weight excluding hydrogens is 218 g/mol. The first kappa shape index (κ1) is 14.3. The third-order valence-corrected chi connectivity index (χ3v) is 3.27. The molecule has 1 amide bonds. The monoisotopic (exact) mass is 243 g/mol. The second kappa shape index (κ2) is 8.34. The molecule has 0 saturated carbocycles. The lowest BCUT2D eigenvalue weighted by Gasteiger charge is -2.32. The molecule has 1 fully saturated rings. The van der Waals surface area contributed by atoms with Crippen molar-refractivity contribution in [3.63, 3.8) is 0 Å². The summed E-state index contributed by atoms with van der Waals surface area (Å²) >= 11 is 0. The summed E-state index contributed by atoms with van der Waals surface area (Å²) in [5.74, 6) is 0.537. The molecule has 0 aromatic rings. The number of rotatable bonds is 6. The molecule has 4 nitrogen and oxygen atoms in total. The van der Waals surface area contributed by atoms with Crippen LogP contribution in [0.15, 0.2) is 0 Å². The van der Waals surface area contributed by atoms with E-state index in [4.69, 9.17) is 9.84 Å². The van der Waals surface area contributed by atoms with E-state index in [2.05, 4.69) is 6.92 Å². The Morgan fingerprint density at radius 1 is 1.47 bits per heavy atom. The summed E-state index contributed by atoms with van der Waals surface area (Å²) in [7, 11) is 0. The fraction of sp³-hybridized carbons (Fsp3) is 0.923. The molecular formula is C13H25NO3. The molecule has 17 heavy (non-hydrogen) atoms. The van der Waals surface area contributed by atoms with Crippen LogP contribution in [-0.4, -0.2) is 42.4 Å². The summed E-state index contributed by atoms with van der Waals surface area (Å²) < 4.78 is 5.21. The SMILES string of the molecule is CCCCOC(=O)N1CCC[C@H](CCCO)C1. The molecule has 1 N–H and O–H groups in total. The predicted molar refractivity (Wildman–Crippen MR) is 66.9 cm³/mol. The van der Waals surface area contributed by atoms with E-state index < -0.39 is 0 Å². The van der Waals surface area contributed by atoms with E-state index in [0.29, 0.717) is 12.5 Å². The smallest absolute Gasteiger partial charge is 0.409 e. The summed E-state index contributed by atoms with van der Waals surface area (Å²) in [6.07, 6.45) is 5.89. The van der Waals surface area contributed by atoms with Crippen LogP contribution in [0.4, 0.5) is 4.79 Å². The van der Waals surface area contributed by atoms with Gasteiger partial charge in [0.25, 0.3) is 0 Å². The van der Waals surface area contributed by atoms with E-state index in [1.165, 1.54) is 6.42 Å². The Morgan fingerprint density at radius 3 is 3.00 bits per heavy atom. The van der Waals surface area contributed by atoms with Crippen molar-refractivity contribution >= 4 is 6.09 Å². The van der Waals surface area contributed by atoms with Crippen LogP contribution < -0.4 is 0 Å². The average Bonchev–Trinajstić information content (AvgIpc) is 2.37. The van der Waals surface area contributed by atoms with Crippen LogP contribution in [-0.2, 0) is 4.74 Å². The van der Waals surface area contributed by atoms with Crippen LogP contribution in [0.1, 0.15) is 45.4 Å². The molecule has 0 bridgehead atoms. The topological polar surface area (TPSA) is 49.8 Å². The van der Waals surface area contributed by atoms with E-state index in [9.17, 15) is 4.79 Å². The van der Waals surface area contributed by atoms with Crippen LogP contribution >= 0.6 is 0 Å². The zero-order chi connectivity index (χ0) is 12.5. The number of ether oxygens (including phenoxy) is 1. The molecule has 1 aliphatic rings. The van der Waals surface area contributed by atoms with Crippen LogP contribution in [0.5, 0.6) is 0 Å². The van der Waals surface area contributed by atoms with Gasteiger partial charge in [-0.25, -0.2) is 4.79 Å². The summed E-state index contributed by atoms with van der Waals surface area (Å²) in [5, 5.41) is 8.81. The van der Waals surface area contributed by atoms with Crippen LogP contribution in [0.2, 0.25) is 0 Å². The van der Waals surface area contributed by atoms with Gasteiger partial charge in [0.05, 0.1) is 6.61 Å². The number of carbonyl (C=O) groups excluding carboxylic acids is 1. The van der Waals surface area contributed by atoms with Gasteiger partial charge in [-0.05, 0) is 38.0 Å². The number of carbonyl (C=O) groups is 1. The Balaban J connectivity index is 2.25. The molecule has 1 saturated heterocycles. The van der Waals surface area contributed by atoms with Crippen molar-refractivity contribution in [2.75, 3.05) is 26.3 Å². The number of hydrogen-bond donors (Lipinski definition) is 1. The van der Waals surface area contributed by atoms with Crippen molar-refractivity contribution in [3.8, 4) is 0 Å². The van der Waals surface area contributed by atoms with Crippen LogP contribution in [0.25, 0.3) is 0 Å². The third-order valence-electron chi connectivity index (χ3n) is 3.27. The number of likely N-dealkylation sites (tertiary alicyclic amines) is 1. The van der Waals surface area contributed by atoms with Gasteiger partial charge in [-0.3, -0.25) is 0 Å². The predicted octanol–water partition coefficient (Wildman–Crippen LogP) is 2.41. The van der Waals surface area contributed by atoms with E-state index >= 15 is 0 Å². The maximum atomic E-state index is 11.7. The molecule has 1 rings (SSSR count). The van der Waals surface area contributed by atoms with Crippen molar-refractivity contribution < 1.29 is 14.6 Å². The lowest BCUT2D eigenvalue weighted by molar-refractivity contribution is 0.0812. The zero-order valence-corrected chi connectivity index (χ0v) is 10.9. The molecule has 4 heteroatoms. The zero-order valence-electron chi connectivity index (χ0n) is 10.9. The minimum absolute atomic E-state index is 0.160. The molecule has 1 aliphatic heterocycles. The molecule has 1 heterocycles. The van der Waals surface area contributed by atoms with Crippen molar-refractivity contribution in [2.24, 2.45) is 5.92 Å². The molecule has 1 atom stereocenters. The summed E-state index contributed by atoms with van der Waals surface area (Å²) in [6.45, 7) is 4.48. The second-order valence-electron chi connectivity index (χ2n) is 4.79. The number of amides is 1. The van der Waals surface area contributed by atoms with Gasteiger partial charge in [0.15, 0.2) is 0 Å². The minimum atomic E-state index is -0.160. The maximum Gasteiger partial charge on any atom is 0.409 e. The highest BCUT2D eigenvalue weighted by molar-refractivity contribution is 5.67. The van der Waals surface area contributed by atoms with Gasteiger partial charge in [0, 0.05) is 19.7 Å². The highest BCUT2D eigenvalue weighted by Crippen LogP contribution is 2.21. The second-order valence-corrected chi connectivity index (χ2v) is 4.79. The molecule has 0 aliphatic carbocycles. The van der Waals surface area contributed by atoms with E-state index in [1.807, 2.05) is 4.90 Å². The number of aliphatic hydroxyl groups is 1. The summed E-state index contributed by atoms with van der Waals surface area (Å²) in [6, 6.07) is 0. The van der Waals surface area contributed by atoms with Gasteiger partial charge >= 0.3 is 6.09 Å². The molecule has 0 aromatic carbocycles. The fourth-order valence-electron chi connectivity index (χ4n) is 2.24. The van der Waals surface area contributed by atoms with Gasteiger partial charge < -0.3 is 14.7 Å². The van der Waals surface area contributed by atoms with Crippen molar-refractivity contribution in [1.82, 2.24) is 4.90 Å². The van der Waals surface area contributed by atoms with E-state index in [-0.39, 0.29) is 12.7 Å². The molecule has 100 valence electrons. The lowest BCUT2D eigenvalue weighted by Crippen LogP contribution is -2.40. The first-order chi connectivity index (χ1) is 8.27. The first-order valence-electron chi connectivity index (χ1n) is 6.80. The van der Waals surface area contributed by atoms with Gasteiger partial charge in [0.2, 0.25) is 0 Å². The fourth-order valence-corrected chi connectivity index (χ4v) is 2.24. The van der Waals surface area contributed by atoms with Gasteiger partial charge in [0.1, 0.15) is 0 Å². The standard InChI is InChI=1S/C13H25NO3/c1-2-3-10-17-13(16)14-8-4-6-12(11-14)7-5-9-15/h12,15H,2-11H2,1H3/t12-/m1/s1. The van der Waals surface area contributed by atoms with Crippen molar-refractivity contribution in [1.29, 1.82) is 0 Å². The van der Waals surface area contributed by atoms with Gasteiger partial charge in [-0.15, -0.1) is 0 Å². The number of nitrogens with zero attached hydrogens (tertiary/aromatic N) is 1. The Labute approximate surface area is 104 Å². The van der Waals surface area contributed by atoms with Crippen LogP contribution in [0, 0.1) is 5.92 Å². The number of aliphatic hydroxyl groups excluding tert-OH is 1. The summed E-state index contributed by atoms with van der Waals surface area (Å²) in [4.78, 5) is 13.6. The highest BCUT2D eigenvalue weighted by Gasteiger charge is 2.23. The van der Waals surface area contributed by atoms with Crippen molar-refractivity contribution in [2.45, 2.75) is 45.4 Å². The summed E-state index contributed by atoms with van der Waals surface area (Å²) in [5.41, 5.74) is 0. The quantitative estimate of drug-likeness (QED) is 0.729. The first-order valence-corrected chi connectivity index (χ1v) is 6.80. The molecule has 0 unspecified atom stereocenters. The lowest BCUT2D eigenvalue weighted by atomic mass is 9.94. The maximum absolute atomic E-state index is 11.7. The minimum Gasteiger partial charge on any atom is -0.449 e. The highest BCUT2D eigenvalue weighted by atomic mass is 16.6. The largest absolute Gasteiger partial charge is 0.449 e. The Kier molecular flexibility index (Phi) is 7.01. The third kappa shape index (κ3) is 5.39. The Bertz CT molecular complexity index is 221. The number of unbranched alkanes of at least 4 members (excludes halogenated alkanes) is 1. The van der Waals surface area contributed by atoms with Crippen LogP contribution in [0.3, 0.4) is 0 Å². The van der Waals surface area contributed by atoms with E-state index in [1.54, 1.807) is 0 Å². The molecule has 0 radical (unpaired) electrons. The normalized spacial score (nSPS) is 20.4. The van der Waals surface area contributed by atoms with Gasteiger partial charge in [-0.1, -0.05) is 13.3 Å². The average molecular weight is 243 g/mol. The van der Waals surface area contributed by atoms with E-state index in [0.717, 1.165) is 45.2 Å². The van der Waals surface area contributed by atoms with Crippen molar-refractivity contribution in [3.05, 3.63) is 0 Å².